The van der Waals surface area contributed by atoms with E-state index in [1.165, 1.54) is 36.2 Å². The van der Waals surface area contributed by atoms with Crippen molar-refractivity contribution >= 4 is 49.9 Å². The van der Waals surface area contributed by atoms with Crippen LogP contribution in [0.5, 0.6) is 0 Å². The Labute approximate surface area is 186 Å². The highest BCUT2D eigenvalue weighted by Gasteiger charge is 2.31. The monoisotopic (exact) mass is 466 g/mol. The van der Waals surface area contributed by atoms with Gasteiger partial charge in [0.1, 0.15) is 0 Å². The van der Waals surface area contributed by atoms with Gasteiger partial charge in [0, 0.05) is 37.2 Å². The van der Waals surface area contributed by atoms with Crippen LogP contribution in [0.3, 0.4) is 0 Å². The Morgan fingerprint density at radius 2 is 2.10 bits per heavy atom. The molecule has 1 aliphatic heterocycles. The SMILES string of the molecule is CC1CN(C(=O)Cc2csc(C(C)C)n2)C(=Nc2cccc(S(=O)(=O)N(C)C)c2)S1. The van der Waals surface area contributed by atoms with Crippen LogP contribution in [0.4, 0.5) is 5.69 Å². The molecule has 0 saturated carbocycles. The predicted octanol–water partition coefficient (Wildman–Crippen LogP) is 3.71. The Balaban J connectivity index is 1.83. The van der Waals surface area contributed by atoms with Crippen molar-refractivity contribution < 1.29 is 13.2 Å². The largest absolute Gasteiger partial charge is 0.290 e. The first-order valence-electron chi connectivity index (χ1n) is 9.60. The van der Waals surface area contributed by atoms with Crippen molar-refractivity contribution in [1.82, 2.24) is 14.2 Å². The second-order valence-corrected chi connectivity index (χ2v) is 12.1. The average molecular weight is 467 g/mol. The Morgan fingerprint density at radius 3 is 2.73 bits per heavy atom. The van der Waals surface area contributed by atoms with Crippen molar-refractivity contribution in [3.63, 3.8) is 0 Å². The van der Waals surface area contributed by atoms with Gasteiger partial charge in [-0.25, -0.2) is 22.7 Å². The number of hydrogen-bond donors (Lipinski definition) is 0. The van der Waals surface area contributed by atoms with Gasteiger partial charge in [0.2, 0.25) is 15.9 Å². The van der Waals surface area contributed by atoms with Gasteiger partial charge in [-0.2, -0.15) is 0 Å². The average Bonchev–Trinajstić information content (AvgIpc) is 3.28. The second kappa shape index (κ2) is 9.17. The zero-order chi connectivity index (χ0) is 22.1. The van der Waals surface area contributed by atoms with Gasteiger partial charge in [0.25, 0.3) is 0 Å². The van der Waals surface area contributed by atoms with Crippen LogP contribution < -0.4 is 0 Å². The van der Waals surface area contributed by atoms with Crippen molar-refractivity contribution in [2.45, 2.75) is 43.3 Å². The zero-order valence-corrected chi connectivity index (χ0v) is 20.1. The number of carbonyl (C=O) groups is 1. The summed E-state index contributed by atoms with van der Waals surface area (Å²) in [7, 11) is -0.565. The third-order valence-electron chi connectivity index (χ3n) is 4.49. The first-order valence-corrected chi connectivity index (χ1v) is 12.8. The van der Waals surface area contributed by atoms with Gasteiger partial charge in [-0.1, -0.05) is 38.6 Å². The number of hydrogen-bond acceptors (Lipinski definition) is 7. The Kier molecular flexibility index (Phi) is 7.01. The van der Waals surface area contributed by atoms with Crippen molar-refractivity contribution in [2.75, 3.05) is 20.6 Å². The van der Waals surface area contributed by atoms with Crippen LogP contribution in [0, 0.1) is 0 Å². The number of carbonyl (C=O) groups excluding carboxylic acids is 1. The summed E-state index contributed by atoms with van der Waals surface area (Å²) in [6.45, 7) is 6.77. The van der Waals surface area contributed by atoms with E-state index in [2.05, 4.69) is 23.8 Å². The summed E-state index contributed by atoms with van der Waals surface area (Å²) in [6, 6.07) is 6.47. The lowest BCUT2D eigenvalue weighted by Gasteiger charge is -2.16. The number of sulfonamides is 1. The third-order valence-corrected chi connectivity index (χ3v) is 8.57. The summed E-state index contributed by atoms with van der Waals surface area (Å²) in [5, 5.41) is 3.76. The first kappa shape index (κ1) is 22.9. The molecule has 2 heterocycles. The molecule has 0 N–H and O–H groups in total. The molecule has 1 aromatic heterocycles. The first-order chi connectivity index (χ1) is 14.1. The van der Waals surface area contributed by atoms with Gasteiger partial charge >= 0.3 is 0 Å². The molecule has 3 rings (SSSR count). The fourth-order valence-corrected chi connectivity index (χ4v) is 5.69. The molecule has 1 saturated heterocycles. The van der Waals surface area contributed by atoms with E-state index in [1.54, 1.807) is 34.4 Å². The molecule has 0 bridgehead atoms. The molecule has 1 unspecified atom stereocenters. The molecular formula is C20H26N4O3S3. The smallest absolute Gasteiger partial charge is 0.242 e. The van der Waals surface area contributed by atoms with Gasteiger partial charge in [-0.3, -0.25) is 9.69 Å². The fraction of sp³-hybridized carbons (Fsp3) is 0.450. The molecule has 1 amide bonds. The van der Waals surface area contributed by atoms with E-state index < -0.39 is 10.0 Å². The maximum absolute atomic E-state index is 12.9. The lowest BCUT2D eigenvalue weighted by Crippen LogP contribution is -2.33. The molecule has 10 heteroatoms. The highest BCUT2D eigenvalue weighted by atomic mass is 32.2. The zero-order valence-electron chi connectivity index (χ0n) is 17.7. The second-order valence-electron chi connectivity index (χ2n) is 7.62. The lowest BCUT2D eigenvalue weighted by molar-refractivity contribution is -0.126. The highest BCUT2D eigenvalue weighted by Crippen LogP contribution is 2.30. The fourth-order valence-electron chi connectivity index (χ4n) is 2.87. The number of rotatable bonds is 6. The molecule has 1 fully saturated rings. The Morgan fingerprint density at radius 1 is 1.37 bits per heavy atom. The summed E-state index contributed by atoms with van der Waals surface area (Å²) >= 11 is 3.09. The summed E-state index contributed by atoms with van der Waals surface area (Å²) in [6.07, 6.45) is 0.227. The van der Waals surface area contributed by atoms with Gasteiger partial charge in [-0.15, -0.1) is 11.3 Å². The third kappa shape index (κ3) is 5.11. The standard InChI is InChI=1S/C20H26N4O3S3/c1-13(2)19-21-16(12-28-19)10-18(25)24-11-14(3)29-20(24)22-15-7-6-8-17(9-15)30(26,27)23(4)5/h6-9,12-14H,10-11H2,1-5H3. The topological polar surface area (TPSA) is 82.9 Å². The maximum atomic E-state index is 12.9. The Hall–Kier alpha value is -1.75. The van der Waals surface area contributed by atoms with Crippen LogP contribution in [0.25, 0.3) is 0 Å². The molecule has 162 valence electrons. The minimum Gasteiger partial charge on any atom is -0.290 e. The van der Waals surface area contributed by atoms with Gasteiger partial charge in [-0.05, 0) is 18.2 Å². The molecule has 0 radical (unpaired) electrons. The lowest BCUT2D eigenvalue weighted by atomic mass is 10.2. The molecule has 1 aliphatic rings. The van der Waals surface area contributed by atoms with Gasteiger partial charge < -0.3 is 0 Å². The molecule has 1 aromatic carbocycles. The number of aromatic nitrogens is 1. The number of thiazole rings is 1. The molecule has 7 nitrogen and oxygen atoms in total. The van der Waals surface area contributed by atoms with E-state index in [4.69, 9.17) is 0 Å². The van der Waals surface area contributed by atoms with E-state index in [9.17, 15) is 13.2 Å². The van der Waals surface area contributed by atoms with E-state index >= 15 is 0 Å². The van der Waals surface area contributed by atoms with Crippen LogP contribution >= 0.6 is 23.1 Å². The van der Waals surface area contributed by atoms with E-state index in [0.717, 1.165) is 10.7 Å². The van der Waals surface area contributed by atoms with Crippen molar-refractivity contribution in [3.05, 3.63) is 40.3 Å². The molecule has 1 atom stereocenters. The van der Waals surface area contributed by atoms with Gasteiger partial charge in [0.15, 0.2) is 5.17 Å². The van der Waals surface area contributed by atoms with Crippen LogP contribution in [-0.2, 0) is 21.2 Å². The molecule has 0 aliphatic carbocycles. The minimum absolute atomic E-state index is 0.0525. The maximum Gasteiger partial charge on any atom is 0.242 e. The number of amides is 1. The van der Waals surface area contributed by atoms with Crippen molar-refractivity contribution in [2.24, 2.45) is 4.99 Å². The molecule has 0 spiro atoms. The van der Waals surface area contributed by atoms with E-state index in [-0.39, 0.29) is 22.5 Å². The predicted molar refractivity (Wildman–Crippen MR) is 123 cm³/mol. The highest BCUT2D eigenvalue weighted by molar-refractivity contribution is 8.14. The molecule has 2 aromatic rings. The minimum atomic E-state index is -3.55. The van der Waals surface area contributed by atoms with E-state index in [0.29, 0.717) is 23.3 Å². The number of aliphatic imine (C=N–C) groups is 1. The summed E-state index contributed by atoms with van der Waals surface area (Å²) in [5.74, 6) is 0.285. The normalized spacial score (nSPS) is 18.7. The molecular weight excluding hydrogens is 440 g/mol. The summed E-state index contributed by atoms with van der Waals surface area (Å²) in [4.78, 5) is 24.0. The number of nitrogens with zero attached hydrogens (tertiary/aromatic N) is 4. The van der Waals surface area contributed by atoms with Crippen LogP contribution in [0.1, 0.15) is 37.4 Å². The summed E-state index contributed by atoms with van der Waals surface area (Å²) in [5.41, 5.74) is 1.28. The quantitative estimate of drug-likeness (QED) is 0.648. The van der Waals surface area contributed by atoms with Crippen molar-refractivity contribution in [1.29, 1.82) is 0 Å². The van der Waals surface area contributed by atoms with Crippen molar-refractivity contribution in [3.8, 4) is 0 Å². The number of benzene rings is 1. The van der Waals surface area contributed by atoms with Crippen LogP contribution in [0.2, 0.25) is 0 Å². The van der Waals surface area contributed by atoms with Crippen LogP contribution in [-0.4, -0.2) is 59.6 Å². The van der Waals surface area contributed by atoms with Gasteiger partial charge in [0.05, 0.1) is 27.7 Å². The Bertz CT molecular complexity index is 1060. The summed E-state index contributed by atoms with van der Waals surface area (Å²) < 4.78 is 26.0. The van der Waals surface area contributed by atoms with Crippen LogP contribution in [0.15, 0.2) is 39.5 Å². The number of amidine groups is 1. The molecule has 30 heavy (non-hydrogen) atoms. The number of thioether (sulfide) groups is 1. The van der Waals surface area contributed by atoms with E-state index in [1.807, 2.05) is 12.3 Å².